The molecule has 176 valence electrons. The Morgan fingerprint density at radius 3 is 2.56 bits per heavy atom. The Hall–Kier alpha value is -1.72. The molecule has 0 radical (unpaired) electrons. The molecule has 5 rings (SSSR count). The van der Waals surface area contributed by atoms with Gasteiger partial charge < -0.3 is 4.90 Å². The maximum absolute atomic E-state index is 6.27. The van der Waals surface area contributed by atoms with E-state index in [1.165, 1.54) is 42.0 Å². The minimum atomic E-state index is 0.209. The maximum Gasteiger partial charge on any atom is 0.263 e. The van der Waals surface area contributed by atoms with Crippen molar-refractivity contribution in [1.82, 2.24) is 0 Å². The largest absolute Gasteiger partial charge is 0.335 e. The fourth-order valence-corrected chi connectivity index (χ4v) is 7.99. The van der Waals surface area contributed by atoms with Gasteiger partial charge in [0.25, 0.3) is 5.01 Å². The van der Waals surface area contributed by atoms with Crippen LogP contribution >= 0.6 is 46.3 Å². The smallest absolute Gasteiger partial charge is 0.263 e. The highest BCUT2D eigenvalue weighted by atomic mass is 35.5. The maximum atomic E-state index is 6.27. The molecule has 3 aromatic rings. The first-order valence-corrected chi connectivity index (χ1v) is 14.1. The van der Waals surface area contributed by atoms with Crippen molar-refractivity contribution < 1.29 is 4.57 Å². The first-order valence-electron chi connectivity index (χ1n) is 11.8. The van der Waals surface area contributed by atoms with Crippen LogP contribution in [0.5, 0.6) is 0 Å². The molecule has 2 aromatic carbocycles. The number of benzene rings is 2. The summed E-state index contributed by atoms with van der Waals surface area (Å²) < 4.78 is 3.63. The fraction of sp³-hybridized carbons (Fsp3) is 0.321. The molecule has 1 aromatic heterocycles. The van der Waals surface area contributed by atoms with Gasteiger partial charge in [0.15, 0.2) is 0 Å². The van der Waals surface area contributed by atoms with Gasteiger partial charge >= 0.3 is 0 Å². The van der Waals surface area contributed by atoms with Gasteiger partial charge in [0.2, 0.25) is 5.52 Å². The lowest BCUT2D eigenvalue weighted by atomic mass is 9.75. The molecule has 0 saturated carbocycles. The number of thioether (sulfide) groups is 1. The van der Waals surface area contributed by atoms with Crippen molar-refractivity contribution in [2.75, 3.05) is 11.4 Å². The second-order valence-corrected chi connectivity index (χ2v) is 12.7. The molecular weight excluding hydrogens is 499 g/mol. The Morgan fingerprint density at radius 1 is 1.03 bits per heavy atom. The topological polar surface area (TPSA) is 7.12 Å². The van der Waals surface area contributed by atoms with Crippen molar-refractivity contribution in [2.45, 2.75) is 52.0 Å². The lowest BCUT2D eigenvalue weighted by molar-refractivity contribution is -0.665. The quantitative estimate of drug-likeness (QED) is 0.312. The van der Waals surface area contributed by atoms with Crippen LogP contribution in [0.2, 0.25) is 10.0 Å². The summed E-state index contributed by atoms with van der Waals surface area (Å²) in [6.45, 7) is 11.0. The summed E-state index contributed by atoms with van der Waals surface area (Å²) in [4.78, 5) is 3.63. The monoisotopic (exact) mass is 527 g/mol. The van der Waals surface area contributed by atoms with Crippen molar-refractivity contribution in [2.24, 2.45) is 5.41 Å². The van der Waals surface area contributed by atoms with E-state index in [0.717, 1.165) is 36.0 Å². The normalized spacial score (nSPS) is 19.8. The van der Waals surface area contributed by atoms with Gasteiger partial charge in [-0.3, -0.25) is 0 Å². The van der Waals surface area contributed by atoms with Gasteiger partial charge in [-0.25, -0.2) is 0 Å². The zero-order valence-electron chi connectivity index (χ0n) is 20.0. The molecule has 2 aliphatic rings. The number of halogens is 2. The Morgan fingerprint density at radius 2 is 1.79 bits per heavy atom. The molecule has 0 unspecified atom stereocenters. The van der Waals surface area contributed by atoms with Gasteiger partial charge in [-0.1, -0.05) is 66.2 Å². The third kappa shape index (κ3) is 4.70. The molecule has 0 amide bonds. The van der Waals surface area contributed by atoms with E-state index >= 15 is 0 Å². The van der Waals surface area contributed by atoms with Crippen molar-refractivity contribution >= 4 is 68.3 Å². The van der Waals surface area contributed by atoms with Crippen molar-refractivity contribution in [1.29, 1.82) is 0 Å². The van der Waals surface area contributed by atoms with E-state index in [1.54, 1.807) is 0 Å². The minimum absolute atomic E-state index is 0.209. The lowest BCUT2D eigenvalue weighted by Crippen LogP contribution is -2.33. The summed E-state index contributed by atoms with van der Waals surface area (Å²) in [5.74, 6) is 0. The van der Waals surface area contributed by atoms with Gasteiger partial charge in [0, 0.05) is 33.6 Å². The van der Waals surface area contributed by atoms with Crippen LogP contribution in [0.25, 0.3) is 16.3 Å². The third-order valence-electron chi connectivity index (χ3n) is 6.37. The number of aromatic nitrogens is 1. The van der Waals surface area contributed by atoms with Gasteiger partial charge in [-0.15, -0.1) is 0 Å². The third-order valence-corrected chi connectivity index (χ3v) is 9.03. The Kier molecular flexibility index (Phi) is 6.62. The average molecular weight is 529 g/mol. The SMILES string of the molecule is CCN1/C(=C/C2=CC(=C/c3sc4cc(Cl)ccc4[n+]3CC)/CC(C)(C)C2)Sc2cc(Cl)ccc21. The number of nitrogens with zero attached hydrogens (tertiary/aromatic N) is 2. The van der Waals surface area contributed by atoms with Gasteiger partial charge in [-0.2, -0.15) is 4.57 Å². The molecule has 34 heavy (non-hydrogen) atoms. The number of thiazole rings is 1. The fourth-order valence-electron chi connectivity index (χ4n) is 5.04. The summed E-state index contributed by atoms with van der Waals surface area (Å²) >= 11 is 16.2. The Labute approximate surface area is 220 Å². The molecular formula is C28H29Cl2N2S2+. The standard InChI is InChI=1S/C28H29Cl2N2S2/c1-5-31-22-9-7-20(29)14-24(22)33-26(31)12-18-11-19(17-28(3,4)16-18)13-27-32(6-2)23-10-8-21(30)15-25(23)34-27/h7-15H,5-6,16-17H2,1-4H3/q+1. The van der Waals surface area contributed by atoms with Crippen LogP contribution in [0, 0.1) is 5.41 Å². The van der Waals surface area contributed by atoms with E-state index in [1.807, 2.05) is 35.2 Å². The predicted molar refractivity (Wildman–Crippen MR) is 150 cm³/mol. The van der Waals surface area contributed by atoms with Crippen LogP contribution in [-0.4, -0.2) is 6.54 Å². The Bertz CT molecular complexity index is 1360. The summed E-state index contributed by atoms with van der Waals surface area (Å²) in [5, 5.41) is 4.15. The van der Waals surface area contributed by atoms with Crippen LogP contribution in [-0.2, 0) is 6.54 Å². The zero-order valence-corrected chi connectivity index (χ0v) is 23.1. The van der Waals surface area contributed by atoms with Crippen molar-refractivity contribution in [3.05, 3.63) is 79.8 Å². The molecule has 0 fully saturated rings. The molecule has 1 aliphatic carbocycles. The summed E-state index contributed by atoms with van der Waals surface area (Å²) in [6, 6.07) is 12.4. The minimum Gasteiger partial charge on any atom is -0.335 e. The molecule has 0 atom stereocenters. The second-order valence-electron chi connectivity index (χ2n) is 9.69. The average Bonchev–Trinajstić information content (AvgIpc) is 3.27. The van der Waals surface area contributed by atoms with Gasteiger partial charge in [-0.05, 0) is 79.7 Å². The first kappa shape index (κ1) is 24.0. The van der Waals surface area contributed by atoms with Crippen LogP contribution in [0.3, 0.4) is 0 Å². The summed E-state index contributed by atoms with van der Waals surface area (Å²) in [6.07, 6.45) is 9.31. The second kappa shape index (κ2) is 9.39. The number of anilines is 1. The molecule has 0 spiro atoms. The molecule has 0 saturated heterocycles. The lowest BCUT2D eigenvalue weighted by Gasteiger charge is -2.31. The molecule has 0 N–H and O–H groups in total. The van der Waals surface area contributed by atoms with Gasteiger partial charge in [0.1, 0.15) is 11.2 Å². The first-order chi connectivity index (χ1) is 16.3. The van der Waals surface area contributed by atoms with E-state index in [2.05, 4.69) is 79.7 Å². The zero-order chi connectivity index (χ0) is 24.0. The number of allylic oxidation sites excluding steroid dienone is 4. The van der Waals surface area contributed by atoms with Crippen molar-refractivity contribution in [3.63, 3.8) is 0 Å². The van der Waals surface area contributed by atoms with Crippen LogP contribution in [0.1, 0.15) is 45.5 Å². The number of hydrogen-bond acceptors (Lipinski definition) is 3. The number of rotatable bonds is 4. The van der Waals surface area contributed by atoms with Crippen LogP contribution in [0.15, 0.2) is 69.6 Å². The van der Waals surface area contributed by atoms with E-state index in [9.17, 15) is 0 Å². The number of hydrogen-bond donors (Lipinski definition) is 0. The molecule has 2 nitrogen and oxygen atoms in total. The molecule has 2 heterocycles. The number of aryl methyl sites for hydroxylation is 1. The van der Waals surface area contributed by atoms with Crippen molar-refractivity contribution in [3.8, 4) is 0 Å². The van der Waals surface area contributed by atoms with E-state index < -0.39 is 0 Å². The van der Waals surface area contributed by atoms with E-state index in [4.69, 9.17) is 23.2 Å². The van der Waals surface area contributed by atoms with E-state index in [0.29, 0.717) is 0 Å². The van der Waals surface area contributed by atoms with Crippen LogP contribution < -0.4 is 9.47 Å². The Balaban J connectivity index is 1.54. The predicted octanol–water partition coefficient (Wildman–Crippen LogP) is 9.12. The molecule has 1 aliphatic heterocycles. The summed E-state index contributed by atoms with van der Waals surface area (Å²) in [5.41, 5.74) is 5.48. The van der Waals surface area contributed by atoms with Crippen LogP contribution in [0.4, 0.5) is 5.69 Å². The highest BCUT2D eigenvalue weighted by Gasteiger charge is 2.29. The number of fused-ring (bicyclic) bond motifs is 2. The molecule has 0 bridgehead atoms. The highest BCUT2D eigenvalue weighted by molar-refractivity contribution is 8.03. The molecule has 6 heteroatoms. The van der Waals surface area contributed by atoms with Gasteiger partial charge in [0.05, 0.1) is 10.7 Å². The van der Waals surface area contributed by atoms with E-state index in [-0.39, 0.29) is 5.41 Å². The highest BCUT2D eigenvalue weighted by Crippen LogP contribution is 2.48. The summed E-state index contributed by atoms with van der Waals surface area (Å²) in [7, 11) is 0.